The van der Waals surface area contributed by atoms with Gasteiger partial charge in [-0.25, -0.2) is 9.97 Å². The highest BCUT2D eigenvalue weighted by atomic mass is 16.5. The maximum absolute atomic E-state index is 12.4. The first-order chi connectivity index (χ1) is 12.7. The summed E-state index contributed by atoms with van der Waals surface area (Å²) in [6.07, 6.45) is 5.62. The number of carbonyl (C=O) groups excluding carboxylic acids is 1. The van der Waals surface area contributed by atoms with Crippen LogP contribution in [0.25, 0.3) is 10.9 Å². The van der Waals surface area contributed by atoms with Gasteiger partial charge < -0.3 is 19.5 Å². The van der Waals surface area contributed by atoms with E-state index in [1.54, 1.807) is 12.4 Å². The van der Waals surface area contributed by atoms with Gasteiger partial charge in [-0.15, -0.1) is 0 Å². The number of para-hydroxylation sites is 1. The zero-order valence-corrected chi connectivity index (χ0v) is 14.7. The minimum absolute atomic E-state index is 0.0796. The molecule has 0 radical (unpaired) electrons. The molecule has 7 heteroatoms. The molecule has 0 spiro atoms. The number of carbonyl (C=O) groups is 1. The molecule has 1 aromatic carbocycles. The summed E-state index contributed by atoms with van der Waals surface area (Å²) in [6.45, 7) is 2.94. The SMILES string of the molecule is Cn1cc(CC(=O)Nc2cnc(N3CCOCC3)nc2)c2ccccc21. The molecule has 4 rings (SSSR count). The van der Waals surface area contributed by atoms with Gasteiger partial charge in [0.05, 0.1) is 37.7 Å². The molecule has 1 fully saturated rings. The lowest BCUT2D eigenvalue weighted by atomic mass is 10.1. The number of nitrogens with one attached hydrogen (secondary N) is 1. The third-order valence-electron chi connectivity index (χ3n) is 4.55. The molecule has 0 aliphatic carbocycles. The van der Waals surface area contributed by atoms with Crippen molar-refractivity contribution < 1.29 is 9.53 Å². The van der Waals surface area contributed by atoms with Crippen LogP contribution in [0.3, 0.4) is 0 Å². The van der Waals surface area contributed by atoms with Crippen LogP contribution in [-0.4, -0.2) is 46.7 Å². The second-order valence-corrected chi connectivity index (χ2v) is 6.38. The zero-order chi connectivity index (χ0) is 17.9. The number of hydrogen-bond acceptors (Lipinski definition) is 5. The van der Waals surface area contributed by atoms with E-state index in [1.807, 2.05) is 36.0 Å². The number of aromatic nitrogens is 3. The smallest absolute Gasteiger partial charge is 0.228 e. The standard InChI is InChI=1S/C19H21N5O2/c1-23-13-14(16-4-2-3-5-17(16)23)10-18(25)22-15-11-20-19(21-12-15)24-6-8-26-9-7-24/h2-5,11-13H,6-10H2,1H3,(H,22,25). The summed E-state index contributed by atoms with van der Waals surface area (Å²) in [5.41, 5.74) is 2.73. The van der Waals surface area contributed by atoms with Crippen molar-refractivity contribution >= 4 is 28.4 Å². The van der Waals surface area contributed by atoms with Crippen LogP contribution in [-0.2, 0) is 23.0 Å². The van der Waals surface area contributed by atoms with Crippen molar-refractivity contribution in [3.05, 3.63) is 48.4 Å². The van der Waals surface area contributed by atoms with Crippen molar-refractivity contribution in [3.8, 4) is 0 Å². The highest BCUT2D eigenvalue weighted by Gasteiger charge is 2.14. The van der Waals surface area contributed by atoms with Crippen molar-refractivity contribution in [2.24, 2.45) is 7.05 Å². The van der Waals surface area contributed by atoms with Crippen molar-refractivity contribution in [1.82, 2.24) is 14.5 Å². The number of benzene rings is 1. The maximum Gasteiger partial charge on any atom is 0.228 e. The van der Waals surface area contributed by atoms with Crippen LogP contribution in [0.2, 0.25) is 0 Å². The second kappa shape index (κ2) is 7.13. The third-order valence-corrected chi connectivity index (χ3v) is 4.55. The van der Waals surface area contributed by atoms with Crippen LogP contribution in [0.1, 0.15) is 5.56 Å². The van der Waals surface area contributed by atoms with Crippen molar-refractivity contribution in [3.63, 3.8) is 0 Å². The summed E-state index contributed by atoms with van der Waals surface area (Å²) in [4.78, 5) is 23.2. The predicted molar refractivity (Wildman–Crippen MR) is 100 cm³/mol. The van der Waals surface area contributed by atoms with Gasteiger partial charge in [0.15, 0.2) is 0 Å². The minimum atomic E-state index is -0.0796. The summed E-state index contributed by atoms with van der Waals surface area (Å²) in [6, 6.07) is 8.08. The van der Waals surface area contributed by atoms with E-state index < -0.39 is 0 Å². The molecule has 1 N–H and O–H groups in total. The lowest BCUT2D eigenvalue weighted by Crippen LogP contribution is -2.37. The monoisotopic (exact) mass is 351 g/mol. The van der Waals surface area contributed by atoms with E-state index in [0.717, 1.165) is 29.6 Å². The van der Waals surface area contributed by atoms with E-state index in [1.165, 1.54) is 0 Å². The van der Waals surface area contributed by atoms with Gasteiger partial charge in [0.25, 0.3) is 0 Å². The van der Waals surface area contributed by atoms with Gasteiger partial charge in [0.1, 0.15) is 0 Å². The molecule has 1 saturated heterocycles. The molecule has 1 amide bonds. The quantitative estimate of drug-likeness (QED) is 0.778. The normalized spacial score (nSPS) is 14.6. The van der Waals surface area contributed by atoms with Gasteiger partial charge in [-0.1, -0.05) is 18.2 Å². The number of ether oxygens (including phenoxy) is 1. The van der Waals surface area contributed by atoms with E-state index in [9.17, 15) is 4.79 Å². The van der Waals surface area contributed by atoms with Crippen molar-refractivity contribution in [1.29, 1.82) is 0 Å². The molecule has 3 heterocycles. The van der Waals surface area contributed by atoms with Gasteiger partial charge in [0.2, 0.25) is 11.9 Å². The van der Waals surface area contributed by atoms with E-state index >= 15 is 0 Å². The summed E-state index contributed by atoms with van der Waals surface area (Å²) in [7, 11) is 1.99. The molecule has 1 aliphatic heterocycles. The van der Waals surface area contributed by atoms with E-state index in [2.05, 4.69) is 26.3 Å². The van der Waals surface area contributed by atoms with Crippen molar-refractivity contribution in [2.75, 3.05) is 36.5 Å². The molecule has 26 heavy (non-hydrogen) atoms. The number of fused-ring (bicyclic) bond motifs is 1. The average Bonchev–Trinajstić information content (AvgIpc) is 2.99. The van der Waals surface area contributed by atoms with Gasteiger partial charge in [0, 0.05) is 37.2 Å². The van der Waals surface area contributed by atoms with E-state index in [4.69, 9.17) is 4.74 Å². The molecule has 2 aromatic heterocycles. The van der Waals surface area contributed by atoms with Crippen LogP contribution >= 0.6 is 0 Å². The molecular formula is C19H21N5O2. The highest BCUT2D eigenvalue weighted by molar-refractivity contribution is 5.95. The molecular weight excluding hydrogens is 330 g/mol. The molecule has 3 aromatic rings. The molecule has 7 nitrogen and oxygen atoms in total. The summed E-state index contributed by atoms with van der Waals surface area (Å²) < 4.78 is 7.37. The van der Waals surface area contributed by atoms with E-state index in [0.29, 0.717) is 31.3 Å². The van der Waals surface area contributed by atoms with Crippen LogP contribution < -0.4 is 10.2 Å². The fraction of sp³-hybridized carbons (Fsp3) is 0.316. The molecule has 134 valence electrons. The highest BCUT2D eigenvalue weighted by Crippen LogP contribution is 2.21. The number of morpholine rings is 1. The third kappa shape index (κ3) is 3.39. The Morgan fingerprint density at radius 1 is 1.19 bits per heavy atom. The van der Waals surface area contributed by atoms with Gasteiger partial charge >= 0.3 is 0 Å². The number of nitrogens with zero attached hydrogens (tertiary/aromatic N) is 4. The van der Waals surface area contributed by atoms with Gasteiger partial charge in [-0.05, 0) is 11.6 Å². The number of anilines is 2. The zero-order valence-electron chi connectivity index (χ0n) is 14.7. The second-order valence-electron chi connectivity index (χ2n) is 6.38. The fourth-order valence-corrected chi connectivity index (χ4v) is 3.26. The largest absolute Gasteiger partial charge is 0.378 e. The first-order valence-electron chi connectivity index (χ1n) is 8.68. The maximum atomic E-state index is 12.4. The number of rotatable bonds is 4. The first kappa shape index (κ1) is 16.5. The summed E-state index contributed by atoms with van der Waals surface area (Å²) in [5, 5.41) is 3.98. The number of hydrogen-bond donors (Lipinski definition) is 1. The predicted octanol–water partition coefficient (Wildman–Crippen LogP) is 1.99. The van der Waals surface area contributed by atoms with Gasteiger partial charge in [-0.3, -0.25) is 4.79 Å². The number of amides is 1. The fourth-order valence-electron chi connectivity index (χ4n) is 3.26. The number of aryl methyl sites for hydroxylation is 1. The Morgan fingerprint density at radius 3 is 2.69 bits per heavy atom. The van der Waals surface area contributed by atoms with Gasteiger partial charge in [-0.2, -0.15) is 0 Å². The topological polar surface area (TPSA) is 72.3 Å². The Hall–Kier alpha value is -2.93. The van der Waals surface area contributed by atoms with E-state index in [-0.39, 0.29) is 5.91 Å². The first-order valence-corrected chi connectivity index (χ1v) is 8.68. The molecule has 0 unspecified atom stereocenters. The Bertz CT molecular complexity index is 913. The summed E-state index contributed by atoms with van der Waals surface area (Å²) >= 11 is 0. The Morgan fingerprint density at radius 2 is 1.92 bits per heavy atom. The van der Waals surface area contributed by atoms with Crippen LogP contribution in [0.15, 0.2) is 42.9 Å². The van der Waals surface area contributed by atoms with Crippen molar-refractivity contribution in [2.45, 2.75) is 6.42 Å². The Kier molecular flexibility index (Phi) is 4.53. The lowest BCUT2D eigenvalue weighted by molar-refractivity contribution is -0.115. The molecule has 1 aliphatic rings. The average molecular weight is 351 g/mol. The molecule has 0 bridgehead atoms. The molecule has 0 saturated carbocycles. The van der Waals surface area contributed by atoms with Crippen LogP contribution in [0.5, 0.6) is 0 Å². The van der Waals surface area contributed by atoms with Crippen LogP contribution in [0.4, 0.5) is 11.6 Å². The lowest BCUT2D eigenvalue weighted by Gasteiger charge is -2.26. The Labute approximate surface area is 151 Å². The summed E-state index contributed by atoms with van der Waals surface area (Å²) in [5.74, 6) is 0.587. The minimum Gasteiger partial charge on any atom is -0.378 e. The van der Waals surface area contributed by atoms with Crippen LogP contribution in [0, 0.1) is 0 Å². The molecule has 0 atom stereocenters. The Balaban J connectivity index is 1.43.